The van der Waals surface area contributed by atoms with Crippen LogP contribution in [0.5, 0.6) is 0 Å². The van der Waals surface area contributed by atoms with Crippen LogP contribution in [0.1, 0.15) is 16.1 Å². The predicted octanol–water partition coefficient (Wildman–Crippen LogP) is 3.61. The second-order valence-corrected chi connectivity index (χ2v) is 4.37. The summed E-state index contributed by atoms with van der Waals surface area (Å²) in [4.78, 5) is 12.3. The van der Waals surface area contributed by atoms with Crippen molar-refractivity contribution in [2.24, 2.45) is 0 Å². The lowest BCUT2D eigenvalue weighted by atomic mass is 10.1. The third-order valence-electron chi connectivity index (χ3n) is 2.49. The van der Waals surface area contributed by atoms with E-state index in [1.807, 2.05) is 18.2 Å². The summed E-state index contributed by atoms with van der Waals surface area (Å²) in [5.41, 5.74) is 1.13. The van der Waals surface area contributed by atoms with E-state index in [2.05, 4.69) is 0 Å². The molecule has 0 saturated heterocycles. The highest BCUT2D eigenvalue weighted by molar-refractivity contribution is 6.34. The van der Waals surface area contributed by atoms with Crippen molar-refractivity contribution < 1.29 is 4.79 Å². The summed E-state index contributed by atoms with van der Waals surface area (Å²) in [5.74, 6) is 0.366. The Hall–Kier alpha value is -1.25. The average molecular weight is 268 g/mol. The van der Waals surface area contributed by atoms with Gasteiger partial charge in [0, 0.05) is 24.2 Å². The van der Waals surface area contributed by atoms with Crippen LogP contribution >= 0.6 is 23.2 Å². The lowest BCUT2D eigenvalue weighted by molar-refractivity contribution is 0.103. The number of hydrogen-bond acceptors (Lipinski definition) is 1. The first-order chi connectivity index (χ1) is 8.24. The Morgan fingerprint density at radius 2 is 1.88 bits per heavy atom. The van der Waals surface area contributed by atoms with Gasteiger partial charge in [0.2, 0.25) is 5.78 Å². The molecule has 0 radical (unpaired) electrons. The first-order valence-electron chi connectivity index (χ1n) is 5.24. The minimum Gasteiger partial charge on any atom is -0.342 e. The highest BCUT2D eigenvalue weighted by Crippen LogP contribution is 2.21. The summed E-state index contributed by atoms with van der Waals surface area (Å²) in [6, 6.07) is 10.8. The normalized spacial score (nSPS) is 10.5. The van der Waals surface area contributed by atoms with E-state index in [0.717, 1.165) is 0 Å². The lowest BCUT2D eigenvalue weighted by Crippen LogP contribution is -2.11. The third-order valence-corrected chi connectivity index (χ3v) is 2.96. The van der Waals surface area contributed by atoms with Crippen molar-refractivity contribution in [2.75, 3.05) is 5.88 Å². The number of benzene rings is 1. The number of halogens is 2. The topological polar surface area (TPSA) is 22.0 Å². The molecule has 1 aromatic heterocycles. The van der Waals surface area contributed by atoms with Crippen molar-refractivity contribution >= 4 is 29.0 Å². The van der Waals surface area contributed by atoms with Crippen LogP contribution in [-0.4, -0.2) is 16.2 Å². The van der Waals surface area contributed by atoms with Gasteiger partial charge in [-0.05, 0) is 6.07 Å². The number of carbonyl (C=O) groups excluding carboxylic acids is 1. The standard InChI is InChI=1S/C13H11Cl2NO/c14-7-9-16-8-6-11(15)12(16)13(17)10-4-2-1-3-5-10/h1-6,8H,7,9H2. The zero-order valence-corrected chi connectivity index (χ0v) is 10.6. The van der Waals surface area contributed by atoms with Gasteiger partial charge in [-0.25, -0.2) is 0 Å². The van der Waals surface area contributed by atoms with Crippen LogP contribution in [0.25, 0.3) is 0 Å². The highest BCUT2D eigenvalue weighted by Gasteiger charge is 2.17. The number of ketones is 1. The molecule has 2 nitrogen and oxygen atoms in total. The smallest absolute Gasteiger partial charge is 0.210 e. The summed E-state index contributed by atoms with van der Waals surface area (Å²) in [6.07, 6.45) is 1.78. The van der Waals surface area contributed by atoms with E-state index in [9.17, 15) is 4.79 Å². The van der Waals surface area contributed by atoms with E-state index in [1.54, 1.807) is 29.0 Å². The van der Waals surface area contributed by atoms with Gasteiger partial charge < -0.3 is 4.57 Å². The molecule has 0 N–H and O–H groups in total. The van der Waals surface area contributed by atoms with Gasteiger partial charge in [-0.15, -0.1) is 11.6 Å². The molecule has 0 atom stereocenters. The van der Waals surface area contributed by atoms with E-state index in [0.29, 0.717) is 28.7 Å². The maximum Gasteiger partial charge on any atom is 0.210 e. The second kappa shape index (κ2) is 5.39. The van der Waals surface area contributed by atoms with Crippen LogP contribution < -0.4 is 0 Å². The average Bonchev–Trinajstić information content (AvgIpc) is 2.71. The number of aryl methyl sites for hydroxylation is 1. The molecule has 2 aromatic rings. The molecule has 0 spiro atoms. The Labute approximate surface area is 110 Å². The maximum atomic E-state index is 12.3. The number of aromatic nitrogens is 1. The molecule has 0 aliphatic rings. The summed E-state index contributed by atoms with van der Waals surface area (Å²) in [7, 11) is 0. The van der Waals surface area contributed by atoms with Gasteiger partial charge in [0.05, 0.1) is 5.02 Å². The molecule has 0 saturated carbocycles. The maximum absolute atomic E-state index is 12.3. The Balaban J connectivity index is 2.40. The molecule has 1 heterocycles. The molecule has 1 aromatic carbocycles. The van der Waals surface area contributed by atoms with E-state index in [4.69, 9.17) is 23.2 Å². The molecule has 0 bridgehead atoms. The van der Waals surface area contributed by atoms with Crippen molar-refractivity contribution in [3.63, 3.8) is 0 Å². The Kier molecular flexibility index (Phi) is 3.87. The van der Waals surface area contributed by atoms with E-state index in [1.165, 1.54) is 0 Å². The van der Waals surface area contributed by atoms with Gasteiger partial charge in [-0.1, -0.05) is 41.9 Å². The van der Waals surface area contributed by atoms with E-state index < -0.39 is 0 Å². The fourth-order valence-corrected chi connectivity index (χ4v) is 2.12. The Morgan fingerprint density at radius 3 is 2.53 bits per heavy atom. The van der Waals surface area contributed by atoms with Crippen LogP contribution in [0.4, 0.5) is 0 Å². The number of rotatable bonds is 4. The van der Waals surface area contributed by atoms with Gasteiger partial charge >= 0.3 is 0 Å². The van der Waals surface area contributed by atoms with Crippen LogP contribution in [0.3, 0.4) is 0 Å². The fraction of sp³-hybridized carbons (Fsp3) is 0.154. The molecule has 4 heteroatoms. The first kappa shape index (κ1) is 12.2. The van der Waals surface area contributed by atoms with Crippen LogP contribution in [-0.2, 0) is 6.54 Å². The minimum absolute atomic E-state index is 0.0780. The molecule has 0 fully saturated rings. The summed E-state index contributed by atoms with van der Waals surface area (Å²) in [6.45, 7) is 0.572. The van der Waals surface area contributed by atoms with Crippen molar-refractivity contribution in [3.05, 3.63) is 58.9 Å². The quantitative estimate of drug-likeness (QED) is 0.613. The number of alkyl halides is 1. The number of carbonyl (C=O) groups is 1. The molecular formula is C13H11Cl2NO. The molecule has 0 amide bonds. The van der Waals surface area contributed by atoms with Crippen molar-refractivity contribution in [2.45, 2.75) is 6.54 Å². The highest BCUT2D eigenvalue weighted by atomic mass is 35.5. The van der Waals surface area contributed by atoms with Gasteiger partial charge in [0.25, 0.3) is 0 Å². The Bertz CT molecular complexity index is 519. The lowest BCUT2D eigenvalue weighted by Gasteiger charge is -2.07. The molecule has 0 aliphatic carbocycles. The molecular weight excluding hydrogens is 257 g/mol. The molecule has 2 rings (SSSR count). The Morgan fingerprint density at radius 1 is 1.18 bits per heavy atom. The predicted molar refractivity (Wildman–Crippen MR) is 70.0 cm³/mol. The van der Waals surface area contributed by atoms with Crippen molar-refractivity contribution in [3.8, 4) is 0 Å². The van der Waals surface area contributed by atoms with E-state index >= 15 is 0 Å². The zero-order valence-electron chi connectivity index (χ0n) is 9.07. The largest absolute Gasteiger partial charge is 0.342 e. The van der Waals surface area contributed by atoms with Crippen LogP contribution in [0.2, 0.25) is 5.02 Å². The fourth-order valence-electron chi connectivity index (χ4n) is 1.69. The zero-order chi connectivity index (χ0) is 12.3. The molecule has 88 valence electrons. The summed E-state index contributed by atoms with van der Waals surface area (Å²) in [5, 5.41) is 0.462. The first-order valence-corrected chi connectivity index (χ1v) is 6.15. The summed E-state index contributed by atoms with van der Waals surface area (Å²) >= 11 is 11.7. The van der Waals surface area contributed by atoms with Gasteiger partial charge in [0.1, 0.15) is 5.69 Å². The molecule has 17 heavy (non-hydrogen) atoms. The van der Waals surface area contributed by atoms with E-state index in [-0.39, 0.29) is 5.78 Å². The third kappa shape index (κ3) is 2.54. The molecule has 0 aliphatic heterocycles. The molecule has 0 unspecified atom stereocenters. The van der Waals surface area contributed by atoms with Gasteiger partial charge in [-0.3, -0.25) is 4.79 Å². The van der Waals surface area contributed by atoms with Gasteiger partial charge in [-0.2, -0.15) is 0 Å². The van der Waals surface area contributed by atoms with Crippen LogP contribution in [0, 0.1) is 0 Å². The van der Waals surface area contributed by atoms with Crippen LogP contribution in [0.15, 0.2) is 42.6 Å². The SMILES string of the molecule is O=C(c1ccccc1)c1c(Cl)ccn1CCCl. The minimum atomic E-state index is -0.0780. The van der Waals surface area contributed by atoms with Crippen molar-refractivity contribution in [1.82, 2.24) is 4.57 Å². The van der Waals surface area contributed by atoms with Gasteiger partial charge in [0.15, 0.2) is 0 Å². The summed E-state index contributed by atoms with van der Waals surface area (Å²) < 4.78 is 1.78. The van der Waals surface area contributed by atoms with Crippen molar-refractivity contribution in [1.29, 1.82) is 0 Å². The number of nitrogens with zero attached hydrogens (tertiary/aromatic N) is 1. The second-order valence-electron chi connectivity index (χ2n) is 3.59. The number of hydrogen-bond donors (Lipinski definition) is 0. The monoisotopic (exact) mass is 267 g/mol.